The van der Waals surface area contributed by atoms with Crippen molar-refractivity contribution in [1.29, 1.82) is 0 Å². The predicted octanol–water partition coefficient (Wildman–Crippen LogP) is 7.14. The van der Waals surface area contributed by atoms with Crippen LogP contribution in [-0.2, 0) is 17.9 Å². The molecule has 1 aliphatic rings. The quantitative estimate of drug-likeness (QED) is 0.148. The standard InChI is InChI=1S/C26H17Cl2N3O4S/c27-21-5-3-6-22(28)20(21)15-29-14-17(19-4-1-2-7-23(19)29)12-24-25(32)30(26(33)36-24)13-16-8-10-18(11-9-16)31(34)35/h1-12,14H,13,15H2/b24-12-. The van der Waals surface area contributed by atoms with Gasteiger partial charge in [-0.15, -0.1) is 0 Å². The van der Waals surface area contributed by atoms with Crippen LogP contribution in [0.15, 0.2) is 77.8 Å². The molecule has 0 saturated carbocycles. The summed E-state index contributed by atoms with van der Waals surface area (Å²) in [6.45, 7) is 0.473. The summed E-state index contributed by atoms with van der Waals surface area (Å²) in [5.41, 5.74) is 3.08. The second-order valence-electron chi connectivity index (χ2n) is 8.12. The van der Waals surface area contributed by atoms with Crippen LogP contribution in [0, 0.1) is 10.1 Å². The maximum Gasteiger partial charge on any atom is 0.293 e. The molecule has 2 amide bonds. The number of hydrogen-bond acceptors (Lipinski definition) is 5. The number of fused-ring (bicyclic) bond motifs is 1. The third-order valence-corrected chi connectivity index (χ3v) is 7.47. The van der Waals surface area contributed by atoms with Crippen LogP contribution in [0.5, 0.6) is 0 Å². The number of non-ortho nitro benzene ring substituents is 1. The number of nitro groups is 1. The number of amides is 2. The molecule has 0 N–H and O–H groups in total. The Bertz CT molecular complexity index is 1540. The molecule has 0 unspecified atom stereocenters. The highest BCUT2D eigenvalue weighted by molar-refractivity contribution is 8.18. The molecule has 0 spiro atoms. The molecular formula is C26H17Cl2N3O4S. The van der Waals surface area contributed by atoms with Crippen molar-refractivity contribution in [2.45, 2.75) is 13.1 Å². The Labute approximate surface area is 220 Å². The van der Waals surface area contributed by atoms with E-state index in [2.05, 4.69) is 0 Å². The van der Waals surface area contributed by atoms with Gasteiger partial charge in [-0.2, -0.15) is 0 Å². The van der Waals surface area contributed by atoms with E-state index in [-0.39, 0.29) is 12.2 Å². The largest absolute Gasteiger partial charge is 0.342 e. The zero-order chi connectivity index (χ0) is 25.4. The number of carbonyl (C=O) groups excluding carboxylic acids is 2. The van der Waals surface area contributed by atoms with Gasteiger partial charge in [0.2, 0.25) is 0 Å². The number of nitro benzene ring substituents is 1. The van der Waals surface area contributed by atoms with E-state index in [0.717, 1.165) is 38.7 Å². The average Bonchev–Trinajstić information content (AvgIpc) is 3.34. The lowest BCUT2D eigenvalue weighted by molar-refractivity contribution is -0.384. The van der Waals surface area contributed by atoms with E-state index in [9.17, 15) is 19.7 Å². The summed E-state index contributed by atoms with van der Waals surface area (Å²) >= 11 is 13.6. The van der Waals surface area contributed by atoms with Crippen LogP contribution in [0.3, 0.4) is 0 Å². The maximum atomic E-state index is 13.1. The molecule has 180 valence electrons. The van der Waals surface area contributed by atoms with Gasteiger partial charge >= 0.3 is 0 Å². The molecule has 0 atom stereocenters. The van der Waals surface area contributed by atoms with Crippen molar-refractivity contribution >= 4 is 68.8 Å². The molecule has 0 bridgehead atoms. The second-order valence-corrected chi connectivity index (χ2v) is 9.93. The first-order valence-corrected chi connectivity index (χ1v) is 12.4. The highest BCUT2D eigenvalue weighted by Gasteiger charge is 2.35. The number of nitrogens with zero attached hydrogens (tertiary/aromatic N) is 3. The highest BCUT2D eigenvalue weighted by atomic mass is 35.5. The van der Waals surface area contributed by atoms with E-state index < -0.39 is 16.1 Å². The van der Waals surface area contributed by atoms with Gasteiger partial charge in [-0.3, -0.25) is 24.6 Å². The molecule has 10 heteroatoms. The number of carbonyl (C=O) groups is 2. The number of hydrogen-bond donors (Lipinski definition) is 0. The molecule has 2 heterocycles. The lowest BCUT2D eigenvalue weighted by atomic mass is 10.1. The number of thioether (sulfide) groups is 1. The van der Waals surface area contributed by atoms with E-state index in [1.54, 1.807) is 36.4 Å². The molecule has 1 saturated heterocycles. The zero-order valence-electron chi connectivity index (χ0n) is 18.6. The summed E-state index contributed by atoms with van der Waals surface area (Å²) in [6.07, 6.45) is 3.63. The molecule has 0 radical (unpaired) electrons. The third-order valence-electron chi connectivity index (χ3n) is 5.86. The predicted molar refractivity (Wildman–Crippen MR) is 142 cm³/mol. The lowest BCUT2D eigenvalue weighted by Crippen LogP contribution is -2.27. The number of imide groups is 1. The fourth-order valence-electron chi connectivity index (χ4n) is 4.06. The Morgan fingerprint density at radius 2 is 1.61 bits per heavy atom. The van der Waals surface area contributed by atoms with Crippen molar-refractivity contribution in [2.24, 2.45) is 0 Å². The Morgan fingerprint density at radius 1 is 0.917 bits per heavy atom. The molecule has 7 nitrogen and oxygen atoms in total. The zero-order valence-corrected chi connectivity index (χ0v) is 20.9. The number of para-hydroxylation sites is 1. The van der Waals surface area contributed by atoms with Gasteiger partial charge in [-0.1, -0.05) is 59.6 Å². The first-order chi connectivity index (χ1) is 17.3. The highest BCUT2D eigenvalue weighted by Crippen LogP contribution is 2.36. The van der Waals surface area contributed by atoms with Gasteiger partial charge in [0, 0.05) is 50.4 Å². The third kappa shape index (κ3) is 4.63. The second kappa shape index (κ2) is 9.81. The fraction of sp³-hybridized carbons (Fsp3) is 0.0769. The van der Waals surface area contributed by atoms with Crippen LogP contribution < -0.4 is 0 Å². The normalized spacial score (nSPS) is 14.8. The van der Waals surface area contributed by atoms with E-state index >= 15 is 0 Å². The van der Waals surface area contributed by atoms with Crippen molar-refractivity contribution in [3.05, 3.63) is 115 Å². The summed E-state index contributed by atoms with van der Waals surface area (Å²) in [5.74, 6) is -0.408. The van der Waals surface area contributed by atoms with Crippen molar-refractivity contribution in [3.8, 4) is 0 Å². The number of aromatic nitrogens is 1. The van der Waals surface area contributed by atoms with Crippen molar-refractivity contribution < 1.29 is 14.5 Å². The van der Waals surface area contributed by atoms with E-state index in [4.69, 9.17) is 23.2 Å². The van der Waals surface area contributed by atoms with Gasteiger partial charge in [-0.05, 0) is 41.6 Å². The van der Waals surface area contributed by atoms with E-state index in [0.29, 0.717) is 27.1 Å². The summed E-state index contributed by atoms with van der Waals surface area (Å²) < 4.78 is 2.01. The van der Waals surface area contributed by atoms with Gasteiger partial charge in [-0.25, -0.2) is 0 Å². The summed E-state index contributed by atoms with van der Waals surface area (Å²) in [4.78, 5) is 37.5. The topological polar surface area (TPSA) is 85.5 Å². The van der Waals surface area contributed by atoms with Crippen LogP contribution in [0.4, 0.5) is 10.5 Å². The number of rotatable bonds is 6. The molecule has 4 aromatic rings. The molecule has 1 aliphatic heterocycles. The molecule has 1 aromatic heterocycles. The Balaban J connectivity index is 1.44. The molecule has 36 heavy (non-hydrogen) atoms. The minimum absolute atomic E-state index is 0.0345. The number of benzene rings is 3. The minimum atomic E-state index is -0.497. The van der Waals surface area contributed by atoms with Crippen molar-refractivity contribution in [2.75, 3.05) is 0 Å². The van der Waals surface area contributed by atoms with Crippen molar-refractivity contribution in [3.63, 3.8) is 0 Å². The molecular weight excluding hydrogens is 521 g/mol. The Morgan fingerprint density at radius 3 is 2.31 bits per heavy atom. The fourth-order valence-corrected chi connectivity index (χ4v) is 5.40. The van der Waals surface area contributed by atoms with Crippen molar-refractivity contribution in [1.82, 2.24) is 9.47 Å². The summed E-state index contributed by atoms with van der Waals surface area (Å²) in [7, 11) is 0. The molecule has 5 rings (SSSR count). The Hall–Kier alpha value is -3.59. The maximum absolute atomic E-state index is 13.1. The van der Waals surface area contributed by atoms with Gasteiger partial charge < -0.3 is 4.57 Å². The van der Waals surface area contributed by atoms with Crippen LogP contribution in [0.1, 0.15) is 16.7 Å². The monoisotopic (exact) mass is 537 g/mol. The summed E-state index contributed by atoms with van der Waals surface area (Å²) in [6, 6.07) is 18.9. The van der Waals surface area contributed by atoms with Gasteiger partial charge in [0.25, 0.3) is 16.8 Å². The lowest BCUT2D eigenvalue weighted by Gasteiger charge is -2.12. The van der Waals surface area contributed by atoms with Gasteiger partial charge in [0.15, 0.2) is 0 Å². The van der Waals surface area contributed by atoms with Gasteiger partial charge in [0.05, 0.1) is 22.9 Å². The first kappa shape index (κ1) is 24.1. The van der Waals surface area contributed by atoms with Crippen LogP contribution >= 0.6 is 35.0 Å². The van der Waals surface area contributed by atoms with Crippen LogP contribution in [0.25, 0.3) is 17.0 Å². The molecule has 0 aliphatic carbocycles. The molecule has 1 fully saturated rings. The average molecular weight is 538 g/mol. The SMILES string of the molecule is O=C1S/C(=C\c2cn(Cc3c(Cl)cccc3Cl)c3ccccc23)C(=O)N1Cc1ccc([N+](=O)[O-])cc1. The Kier molecular flexibility index (Phi) is 6.57. The van der Waals surface area contributed by atoms with Crippen LogP contribution in [0.2, 0.25) is 10.0 Å². The van der Waals surface area contributed by atoms with Gasteiger partial charge in [0.1, 0.15) is 0 Å². The minimum Gasteiger partial charge on any atom is -0.342 e. The smallest absolute Gasteiger partial charge is 0.293 e. The number of halogens is 2. The summed E-state index contributed by atoms with van der Waals surface area (Å²) in [5, 5.41) is 12.5. The van der Waals surface area contributed by atoms with Crippen LogP contribution in [-0.4, -0.2) is 25.5 Å². The molecule has 3 aromatic carbocycles. The first-order valence-electron chi connectivity index (χ1n) is 10.8. The van der Waals surface area contributed by atoms with E-state index in [1.807, 2.05) is 35.0 Å². The van der Waals surface area contributed by atoms with E-state index in [1.165, 1.54) is 12.1 Å².